The molecule has 0 heterocycles. The summed E-state index contributed by atoms with van der Waals surface area (Å²) in [6.07, 6.45) is 8.25. The molecule has 3 fully saturated rings. The van der Waals surface area contributed by atoms with Gasteiger partial charge in [-0.1, -0.05) is 31.5 Å². The summed E-state index contributed by atoms with van der Waals surface area (Å²) in [4.78, 5) is 24.6. The van der Waals surface area contributed by atoms with Crippen molar-refractivity contribution in [2.45, 2.75) is 58.5 Å². The standard InChI is InChI=1S/C22H27ClO3/c1-11(24)22(26)7-5-14-12-9-18(23)17-10-19(25)13-8-16(13)21(17,3)15(12)4-6-20(14,22)2/h9-10,12-16,26H,4-8H2,1-3H3/t12-,13+,14-,15-,16-,20-,21-,22-/m1/s1. The third-order valence-corrected chi connectivity index (χ3v) is 9.56. The average Bonchev–Trinajstić information content (AvgIpc) is 3.33. The number of carbonyl (C=O) groups is 2. The van der Waals surface area contributed by atoms with Crippen LogP contribution in [0.15, 0.2) is 22.8 Å². The molecule has 0 aliphatic heterocycles. The smallest absolute Gasteiger partial charge is 0.161 e. The van der Waals surface area contributed by atoms with Crippen molar-refractivity contribution in [2.75, 3.05) is 0 Å². The molecule has 5 rings (SSSR count). The summed E-state index contributed by atoms with van der Waals surface area (Å²) in [6.45, 7) is 5.97. The van der Waals surface area contributed by atoms with Gasteiger partial charge in [0.25, 0.3) is 0 Å². The van der Waals surface area contributed by atoms with E-state index in [1.54, 1.807) is 0 Å². The number of carbonyl (C=O) groups excluding carboxylic acids is 2. The van der Waals surface area contributed by atoms with Crippen molar-refractivity contribution in [1.29, 1.82) is 0 Å². The SMILES string of the molecule is CC(=O)[C@]1(O)CC[C@@H]2[C@H]3C=C(Cl)C4=CC(=O)[C@H]5C[C@H]5[C@@]4(C)[C@@H]3CC[C@]21C. The minimum absolute atomic E-state index is 0.0344. The van der Waals surface area contributed by atoms with Crippen LogP contribution in [0.5, 0.6) is 0 Å². The molecule has 3 nitrogen and oxygen atoms in total. The number of rotatable bonds is 1. The largest absolute Gasteiger partial charge is 0.382 e. The van der Waals surface area contributed by atoms with Crippen LogP contribution in [-0.2, 0) is 9.59 Å². The van der Waals surface area contributed by atoms with Gasteiger partial charge >= 0.3 is 0 Å². The second-order valence-electron chi connectivity index (χ2n) is 9.91. The third kappa shape index (κ3) is 1.75. The van der Waals surface area contributed by atoms with Crippen molar-refractivity contribution in [3.8, 4) is 0 Å². The summed E-state index contributed by atoms with van der Waals surface area (Å²) in [6, 6.07) is 0. The van der Waals surface area contributed by atoms with Gasteiger partial charge in [0.05, 0.1) is 0 Å². The fourth-order valence-corrected chi connectivity index (χ4v) is 7.96. The van der Waals surface area contributed by atoms with Gasteiger partial charge < -0.3 is 5.11 Å². The molecule has 1 N–H and O–H groups in total. The minimum Gasteiger partial charge on any atom is -0.382 e. The number of Topliss-reactive ketones (excluding diaryl/α,β-unsaturated/α-hetero) is 1. The first kappa shape index (κ1) is 17.2. The lowest BCUT2D eigenvalue weighted by molar-refractivity contribution is -0.157. The topological polar surface area (TPSA) is 54.4 Å². The van der Waals surface area contributed by atoms with E-state index in [-0.39, 0.29) is 40.2 Å². The number of hydrogen-bond donors (Lipinski definition) is 1. The highest BCUT2D eigenvalue weighted by molar-refractivity contribution is 6.32. The van der Waals surface area contributed by atoms with Crippen LogP contribution in [0.3, 0.4) is 0 Å². The van der Waals surface area contributed by atoms with E-state index in [2.05, 4.69) is 19.9 Å². The van der Waals surface area contributed by atoms with E-state index in [0.29, 0.717) is 18.3 Å². The molecule has 0 unspecified atom stereocenters. The zero-order valence-corrected chi connectivity index (χ0v) is 16.5. The predicted molar refractivity (Wildman–Crippen MR) is 99.4 cm³/mol. The number of halogens is 1. The van der Waals surface area contributed by atoms with Gasteiger partial charge in [0.2, 0.25) is 0 Å². The van der Waals surface area contributed by atoms with Crippen molar-refractivity contribution in [3.63, 3.8) is 0 Å². The van der Waals surface area contributed by atoms with Crippen LogP contribution in [0, 0.1) is 40.4 Å². The van der Waals surface area contributed by atoms with Gasteiger partial charge in [-0.3, -0.25) is 9.59 Å². The second kappa shape index (κ2) is 4.91. The Morgan fingerprint density at radius 1 is 1.19 bits per heavy atom. The van der Waals surface area contributed by atoms with E-state index in [1.165, 1.54) is 6.92 Å². The van der Waals surface area contributed by atoms with Crippen molar-refractivity contribution in [3.05, 3.63) is 22.8 Å². The summed E-state index contributed by atoms with van der Waals surface area (Å²) in [5, 5.41) is 11.9. The van der Waals surface area contributed by atoms with E-state index in [9.17, 15) is 14.7 Å². The van der Waals surface area contributed by atoms with Crippen LogP contribution >= 0.6 is 11.6 Å². The van der Waals surface area contributed by atoms with E-state index < -0.39 is 5.60 Å². The lowest BCUT2D eigenvalue weighted by Crippen LogP contribution is -2.56. The summed E-state index contributed by atoms with van der Waals surface area (Å²) in [5.41, 5.74) is -0.566. The fourth-order valence-electron chi connectivity index (χ4n) is 7.56. The Hall–Kier alpha value is -0.930. The number of fused-ring (bicyclic) bond motifs is 7. The number of ketones is 2. The molecule has 3 saturated carbocycles. The predicted octanol–water partition coefficient (Wildman–Crippen LogP) is 4.04. The molecule has 0 saturated heterocycles. The van der Waals surface area contributed by atoms with Gasteiger partial charge in [-0.25, -0.2) is 0 Å². The molecule has 5 aliphatic rings. The Morgan fingerprint density at radius 3 is 2.58 bits per heavy atom. The minimum atomic E-state index is -1.20. The molecule has 0 aromatic carbocycles. The van der Waals surface area contributed by atoms with Crippen molar-refractivity contribution in [1.82, 2.24) is 0 Å². The Morgan fingerprint density at radius 2 is 1.88 bits per heavy atom. The summed E-state index contributed by atoms with van der Waals surface area (Å²) >= 11 is 6.73. The van der Waals surface area contributed by atoms with Gasteiger partial charge in [0, 0.05) is 21.8 Å². The quantitative estimate of drug-likeness (QED) is 0.753. The van der Waals surface area contributed by atoms with Gasteiger partial charge in [-0.05, 0) is 74.3 Å². The first-order valence-electron chi connectivity index (χ1n) is 10.0. The van der Waals surface area contributed by atoms with E-state index in [1.807, 2.05) is 6.08 Å². The molecule has 140 valence electrons. The van der Waals surface area contributed by atoms with Gasteiger partial charge in [0.15, 0.2) is 11.6 Å². The van der Waals surface area contributed by atoms with Crippen LogP contribution in [0.4, 0.5) is 0 Å². The molecule has 8 atom stereocenters. The van der Waals surface area contributed by atoms with E-state index in [4.69, 9.17) is 11.6 Å². The monoisotopic (exact) mass is 374 g/mol. The van der Waals surface area contributed by atoms with E-state index in [0.717, 1.165) is 36.3 Å². The Balaban J connectivity index is 1.62. The number of allylic oxidation sites excluding steroid dienone is 4. The van der Waals surface area contributed by atoms with Crippen LogP contribution in [-0.4, -0.2) is 22.3 Å². The maximum absolute atomic E-state index is 12.3. The fraction of sp³-hybridized carbons (Fsp3) is 0.727. The summed E-state index contributed by atoms with van der Waals surface area (Å²) < 4.78 is 0. The molecule has 0 radical (unpaired) electrons. The lowest BCUT2D eigenvalue weighted by atomic mass is 9.47. The van der Waals surface area contributed by atoms with Crippen molar-refractivity contribution in [2.24, 2.45) is 40.4 Å². The van der Waals surface area contributed by atoms with E-state index >= 15 is 0 Å². The molecular weight excluding hydrogens is 348 g/mol. The van der Waals surface area contributed by atoms with Crippen molar-refractivity contribution >= 4 is 23.2 Å². The lowest BCUT2D eigenvalue weighted by Gasteiger charge is -2.57. The average molecular weight is 375 g/mol. The highest BCUT2D eigenvalue weighted by Gasteiger charge is 2.69. The van der Waals surface area contributed by atoms with Gasteiger partial charge in [-0.2, -0.15) is 0 Å². The molecule has 0 amide bonds. The second-order valence-corrected chi connectivity index (χ2v) is 10.3. The first-order valence-corrected chi connectivity index (χ1v) is 10.4. The van der Waals surface area contributed by atoms with Crippen LogP contribution in [0.2, 0.25) is 0 Å². The highest BCUT2D eigenvalue weighted by Crippen LogP contribution is 2.72. The van der Waals surface area contributed by atoms with Crippen molar-refractivity contribution < 1.29 is 14.7 Å². The normalized spacial score (nSPS) is 54.3. The number of hydrogen-bond acceptors (Lipinski definition) is 3. The van der Waals surface area contributed by atoms with Crippen LogP contribution in [0.1, 0.15) is 52.9 Å². The van der Waals surface area contributed by atoms with Crippen LogP contribution in [0.25, 0.3) is 0 Å². The molecule has 0 aromatic heterocycles. The Bertz CT molecular complexity index is 797. The molecule has 0 spiro atoms. The number of aliphatic hydroxyl groups is 1. The third-order valence-electron chi connectivity index (χ3n) is 9.23. The first-order chi connectivity index (χ1) is 12.1. The zero-order valence-electron chi connectivity index (χ0n) is 15.7. The molecule has 4 heteroatoms. The molecule has 0 bridgehead atoms. The molecular formula is C22H27ClO3. The maximum Gasteiger partial charge on any atom is 0.161 e. The molecule has 0 aromatic rings. The van der Waals surface area contributed by atoms with Gasteiger partial charge in [0.1, 0.15) is 5.60 Å². The summed E-state index contributed by atoms with van der Waals surface area (Å²) in [7, 11) is 0. The molecule has 5 aliphatic carbocycles. The Kier molecular flexibility index (Phi) is 3.25. The van der Waals surface area contributed by atoms with Gasteiger partial charge in [-0.15, -0.1) is 0 Å². The van der Waals surface area contributed by atoms with Crippen LogP contribution < -0.4 is 0 Å². The highest BCUT2D eigenvalue weighted by atomic mass is 35.5. The Labute approximate surface area is 159 Å². The molecule has 26 heavy (non-hydrogen) atoms. The summed E-state index contributed by atoms with van der Waals surface area (Å²) in [5.74, 6) is 1.78. The zero-order chi connectivity index (χ0) is 18.6. The maximum atomic E-state index is 12.3.